The van der Waals surface area contributed by atoms with Gasteiger partial charge in [-0.15, -0.1) is 0 Å². The van der Waals surface area contributed by atoms with Crippen molar-refractivity contribution in [3.05, 3.63) is 35.4 Å². The lowest BCUT2D eigenvalue weighted by atomic mass is 10.1. The molecule has 0 aromatic heterocycles. The van der Waals surface area contributed by atoms with Crippen molar-refractivity contribution < 1.29 is 23.9 Å². The van der Waals surface area contributed by atoms with Crippen LogP contribution in [0.3, 0.4) is 0 Å². The van der Waals surface area contributed by atoms with Gasteiger partial charge in [-0.1, -0.05) is 18.2 Å². The lowest BCUT2D eigenvalue weighted by Gasteiger charge is -1.87. The van der Waals surface area contributed by atoms with E-state index < -0.39 is 8.25 Å². The zero-order valence-corrected chi connectivity index (χ0v) is 8.14. The Morgan fingerprint density at radius 1 is 1.29 bits per heavy atom. The van der Waals surface area contributed by atoms with E-state index in [9.17, 15) is 4.79 Å². The average Bonchev–Trinajstić information content (AvgIpc) is 2.48. The summed E-state index contributed by atoms with van der Waals surface area (Å²) in [5, 5.41) is 0. The number of rotatable bonds is 0. The molecule has 6 heteroatoms. The van der Waals surface area contributed by atoms with E-state index in [0.717, 1.165) is 5.56 Å². The van der Waals surface area contributed by atoms with Crippen molar-refractivity contribution >= 4 is 14.2 Å². The molecule has 0 saturated heterocycles. The zero-order valence-electron chi connectivity index (χ0n) is 7.14. The fourth-order valence-corrected chi connectivity index (χ4v) is 1.07. The van der Waals surface area contributed by atoms with E-state index >= 15 is 0 Å². The van der Waals surface area contributed by atoms with E-state index in [0.29, 0.717) is 12.2 Å². The van der Waals surface area contributed by atoms with Crippen LogP contribution in [0, 0.1) is 0 Å². The number of hydrogen-bond acceptors (Lipinski definition) is 3. The van der Waals surface area contributed by atoms with Crippen LogP contribution in [0.1, 0.15) is 15.9 Å². The van der Waals surface area contributed by atoms with Crippen LogP contribution in [0.25, 0.3) is 0 Å². The summed E-state index contributed by atoms with van der Waals surface area (Å²) < 4.78 is 13.5. The van der Waals surface area contributed by atoms with Gasteiger partial charge >= 0.3 is 14.2 Å². The van der Waals surface area contributed by atoms with Crippen molar-refractivity contribution in [1.29, 1.82) is 0 Å². The van der Waals surface area contributed by atoms with Crippen LogP contribution in [0.15, 0.2) is 24.3 Å². The van der Waals surface area contributed by atoms with Gasteiger partial charge in [0.25, 0.3) is 0 Å². The van der Waals surface area contributed by atoms with Gasteiger partial charge in [0, 0.05) is 5.56 Å². The molecule has 2 N–H and O–H groups in total. The highest BCUT2D eigenvalue weighted by atomic mass is 31.1. The summed E-state index contributed by atoms with van der Waals surface area (Å²) in [6.07, 6.45) is 0. The predicted molar refractivity (Wildman–Crippen MR) is 49.0 cm³/mol. The van der Waals surface area contributed by atoms with Crippen molar-refractivity contribution in [3.63, 3.8) is 0 Å². The molecule has 2 rings (SSSR count). The molecular weight excluding hydrogens is 207 g/mol. The molecule has 1 aromatic carbocycles. The van der Waals surface area contributed by atoms with Crippen molar-refractivity contribution in [2.24, 2.45) is 0 Å². The van der Waals surface area contributed by atoms with Crippen LogP contribution in [-0.4, -0.2) is 15.8 Å². The Bertz CT molecular complexity index is 359. The highest BCUT2D eigenvalue weighted by Gasteiger charge is 2.18. The second-order valence-electron chi connectivity index (χ2n) is 2.52. The monoisotopic (exact) mass is 216 g/mol. The number of carbonyl (C=O) groups is 1. The molecule has 14 heavy (non-hydrogen) atoms. The first-order chi connectivity index (χ1) is 6.61. The summed E-state index contributed by atoms with van der Waals surface area (Å²) in [7, 11) is -3.13. The molecule has 0 spiro atoms. The third-order valence-corrected chi connectivity index (χ3v) is 1.60. The number of esters is 1. The van der Waals surface area contributed by atoms with Crippen molar-refractivity contribution in [2.75, 3.05) is 0 Å². The van der Waals surface area contributed by atoms with Crippen molar-refractivity contribution in [2.45, 2.75) is 6.61 Å². The molecule has 5 nitrogen and oxygen atoms in total. The minimum Gasteiger partial charge on any atom is -0.457 e. The fraction of sp³-hybridized carbons (Fsp3) is 0.125. The molecule has 1 heterocycles. The van der Waals surface area contributed by atoms with Gasteiger partial charge in [0.15, 0.2) is 0 Å². The van der Waals surface area contributed by atoms with Crippen molar-refractivity contribution in [3.8, 4) is 0 Å². The Morgan fingerprint density at radius 3 is 2.43 bits per heavy atom. The van der Waals surface area contributed by atoms with Crippen LogP contribution >= 0.6 is 8.25 Å². The molecule has 1 aromatic rings. The first-order valence-corrected chi connectivity index (χ1v) is 5.08. The number of fused-ring (bicyclic) bond motifs is 1. The summed E-state index contributed by atoms with van der Waals surface area (Å²) in [4.78, 5) is 25.2. The van der Waals surface area contributed by atoms with Gasteiger partial charge in [0.05, 0.1) is 5.56 Å². The van der Waals surface area contributed by atoms with Gasteiger partial charge < -0.3 is 14.5 Å². The second-order valence-corrected chi connectivity index (χ2v) is 3.08. The Hall–Kier alpha value is -1.16. The molecule has 0 aliphatic carbocycles. The van der Waals surface area contributed by atoms with Gasteiger partial charge in [-0.3, -0.25) is 4.57 Å². The maximum Gasteiger partial charge on any atom is 0.338 e. The minimum atomic E-state index is -3.13. The van der Waals surface area contributed by atoms with Gasteiger partial charge in [-0.25, -0.2) is 4.79 Å². The lowest BCUT2D eigenvalue weighted by molar-refractivity contribution is 0.0535. The highest BCUT2D eigenvalue weighted by Crippen LogP contribution is 2.17. The normalized spacial score (nSPS) is 12.9. The van der Waals surface area contributed by atoms with Crippen LogP contribution in [-0.2, 0) is 15.9 Å². The SMILES string of the molecule is O=C1OCc2ccccc21.O=[PH](O)O. The van der Waals surface area contributed by atoms with Crippen LogP contribution in [0.4, 0.5) is 0 Å². The van der Waals surface area contributed by atoms with Gasteiger partial charge in [0.1, 0.15) is 6.61 Å². The van der Waals surface area contributed by atoms with Gasteiger partial charge in [0.2, 0.25) is 0 Å². The third-order valence-electron chi connectivity index (χ3n) is 1.60. The lowest BCUT2D eigenvalue weighted by Crippen LogP contribution is -1.91. The first-order valence-electron chi connectivity index (χ1n) is 3.78. The highest BCUT2D eigenvalue weighted by molar-refractivity contribution is 7.30. The predicted octanol–water partition coefficient (Wildman–Crippen LogP) is 0.718. The third kappa shape index (κ3) is 2.96. The summed E-state index contributed by atoms with van der Waals surface area (Å²) in [6.45, 7) is 0.439. The van der Waals surface area contributed by atoms with E-state index in [1.165, 1.54) is 0 Å². The van der Waals surface area contributed by atoms with E-state index in [2.05, 4.69) is 0 Å². The molecule has 1 aliphatic heterocycles. The van der Waals surface area contributed by atoms with Crippen LogP contribution < -0.4 is 0 Å². The minimum absolute atomic E-state index is 0.199. The Labute approximate surface area is 80.9 Å². The molecule has 0 radical (unpaired) electrons. The summed E-state index contributed by atoms with van der Waals surface area (Å²) in [6, 6.07) is 7.43. The van der Waals surface area contributed by atoms with Crippen molar-refractivity contribution in [1.82, 2.24) is 0 Å². The smallest absolute Gasteiger partial charge is 0.338 e. The first kappa shape index (κ1) is 10.9. The molecule has 0 fully saturated rings. The van der Waals surface area contributed by atoms with Crippen LogP contribution in [0.5, 0.6) is 0 Å². The number of benzene rings is 1. The van der Waals surface area contributed by atoms with E-state index in [1.807, 2.05) is 18.2 Å². The number of carbonyl (C=O) groups excluding carboxylic acids is 1. The van der Waals surface area contributed by atoms with E-state index in [-0.39, 0.29) is 5.97 Å². The Morgan fingerprint density at radius 2 is 1.86 bits per heavy atom. The standard InChI is InChI=1S/C8H6O2.H3O3P/c9-8-7-4-2-1-3-6(7)5-10-8;1-4(2)3/h1-4H,5H2;4H,(H2,1,2,3). The van der Waals surface area contributed by atoms with Gasteiger partial charge in [-0.2, -0.15) is 0 Å². The fourth-order valence-electron chi connectivity index (χ4n) is 1.07. The van der Waals surface area contributed by atoms with Gasteiger partial charge in [-0.05, 0) is 6.07 Å². The number of cyclic esters (lactones) is 1. The Balaban J connectivity index is 0.000000213. The topological polar surface area (TPSA) is 83.8 Å². The molecular formula is C8H9O5P. The van der Waals surface area contributed by atoms with E-state index in [4.69, 9.17) is 19.1 Å². The Kier molecular flexibility index (Phi) is 3.83. The number of hydrogen-bond donors (Lipinski definition) is 2. The molecule has 1 aliphatic rings. The molecule has 0 amide bonds. The quantitative estimate of drug-likeness (QED) is 0.493. The molecule has 0 unspecified atom stereocenters. The number of ether oxygens (including phenoxy) is 1. The summed E-state index contributed by atoms with van der Waals surface area (Å²) in [5.41, 5.74) is 1.70. The molecule has 76 valence electrons. The molecule has 0 atom stereocenters. The molecule has 0 bridgehead atoms. The second kappa shape index (κ2) is 4.91. The summed E-state index contributed by atoms with van der Waals surface area (Å²) >= 11 is 0. The zero-order chi connectivity index (χ0) is 10.6. The maximum absolute atomic E-state index is 10.8. The van der Waals surface area contributed by atoms with E-state index in [1.54, 1.807) is 6.07 Å². The average molecular weight is 216 g/mol. The van der Waals surface area contributed by atoms with Crippen LogP contribution in [0.2, 0.25) is 0 Å². The maximum atomic E-state index is 10.8. The largest absolute Gasteiger partial charge is 0.457 e. The molecule has 0 saturated carbocycles. The summed E-state index contributed by atoms with van der Waals surface area (Å²) in [5.74, 6) is -0.199.